The molecule has 2 spiro atoms. The molecule has 1 saturated heterocycles. The molecule has 5 heteroatoms. The standard InChI is InChI=1S/C28H44O5/c1-16-12-17(14-32-24(30)31-5)33-20-13-19-18-6-7-21-25(2,3)22(29)8-9-28(21)15-27(18,28)11-10-26(19,4)23(16)20/h16-23,29H,6-15H2,1-5H3/t16-,17?,18?,19?,20?,21?,22?,23?,26?,27?,28?/m1/s1. The van der Waals surface area contributed by atoms with Crippen LogP contribution in [0.4, 0.5) is 4.79 Å². The van der Waals surface area contributed by atoms with Gasteiger partial charge in [0, 0.05) is 0 Å². The Morgan fingerprint density at radius 1 is 1.03 bits per heavy atom. The Balaban J connectivity index is 1.24. The van der Waals surface area contributed by atoms with Crippen LogP contribution in [0.15, 0.2) is 0 Å². The monoisotopic (exact) mass is 460 g/mol. The molecule has 5 aliphatic carbocycles. The van der Waals surface area contributed by atoms with Gasteiger partial charge in [0.05, 0.1) is 25.4 Å². The van der Waals surface area contributed by atoms with E-state index in [1.807, 2.05) is 0 Å². The summed E-state index contributed by atoms with van der Waals surface area (Å²) in [4.78, 5) is 11.5. The molecule has 0 aromatic heterocycles. The molecule has 6 aliphatic rings. The fourth-order valence-corrected chi connectivity index (χ4v) is 11.2. The van der Waals surface area contributed by atoms with Gasteiger partial charge in [-0.2, -0.15) is 0 Å². The van der Waals surface area contributed by atoms with Crippen LogP contribution in [0.25, 0.3) is 0 Å². The summed E-state index contributed by atoms with van der Waals surface area (Å²) in [6, 6.07) is 0. The largest absolute Gasteiger partial charge is 0.508 e. The Morgan fingerprint density at radius 3 is 2.58 bits per heavy atom. The van der Waals surface area contributed by atoms with E-state index in [2.05, 4.69) is 32.4 Å². The van der Waals surface area contributed by atoms with Gasteiger partial charge in [0.1, 0.15) is 6.61 Å². The topological polar surface area (TPSA) is 65.0 Å². The van der Waals surface area contributed by atoms with E-state index in [-0.39, 0.29) is 17.6 Å². The summed E-state index contributed by atoms with van der Waals surface area (Å²) in [5, 5.41) is 10.8. The highest BCUT2D eigenvalue weighted by Crippen LogP contribution is 2.87. The van der Waals surface area contributed by atoms with E-state index >= 15 is 0 Å². The Kier molecular flexibility index (Phi) is 4.88. The summed E-state index contributed by atoms with van der Waals surface area (Å²) in [5.74, 6) is 3.47. The second-order valence-electron chi connectivity index (χ2n) is 13.7. The van der Waals surface area contributed by atoms with E-state index in [1.165, 1.54) is 52.1 Å². The minimum atomic E-state index is -0.612. The average molecular weight is 461 g/mol. The zero-order valence-electron chi connectivity index (χ0n) is 21.3. The second-order valence-corrected chi connectivity index (χ2v) is 13.7. The lowest BCUT2D eigenvalue weighted by Gasteiger charge is -2.59. The first-order valence-electron chi connectivity index (χ1n) is 13.6. The van der Waals surface area contributed by atoms with E-state index in [0.29, 0.717) is 46.7 Å². The first-order valence-corrected chi connectivity index (χ1v) is 13.6. The van der Waals surface area contributed by atoms with Crippen LogP contribution in [0.5, 0.6) is 0 Å². The molecule has 5 saturated carbocycles. The van der Waals surface area contributed by atoms with Crippen LogP contribution in [0.2, 0.25) is 0 Å². The van der Waals surface area contributed by atoms with Crippen molar-refractivity contribution in [2.75, 3.05) is 13.7 Å². The lowest BCUT2D eigenvalue weighted by Crippen LogP contribution is -2.54. The van der Waals surface area contributed by atoms with Gasteiger partial charge < -0.3 is 19.3 Å². The number of hydrogen-bond acceptors (Lipinski definition) is 5. The molecule has 5 nitrogen and oxygen atoms in total. The van der Waals surface area contributed by atoms with Crippen molar-refractivity contribution >= 4 is 6.16 Å². The van der Waals surface area contributed by atoms with Crippen molar-refractivity contribution in [2.45, 2.75) is 104 Å². The van der Waals surface area contributed by atoms with Crippen LogP contribution in [0.3, 0.4) is 0 Å². The van der Waals surface area contributed by atoms with Crippen LogP contribution in [0, 0.1) is 51.2 Å². The van der Waals surface area contributed by atoms with Gasteiger partial charge in [-0.15, -0.1) is 0 Å². The van der Waals surface area contributed by atoms with E-state index in [9.17, 15) is 9.90 Å². The van der Waals surface area contributed by atoms with Crippen LogP contribution >= 0.6 is 0 Å². The number of rotatable bonds is 2. The molecule has 11 atom stereocenters. The lowest BCUT2D eigenvalue weighted by molar-refractivity contribution is -0.147. The number of fused-ring (bicyclic) bond motifs is 4. The van der Waals surface area contributed by atoms with Gasteiger partial charge in [-0.25, -0.2) is 4.79 Å². The summed E-state index contributed by atoms with van der Waals surface area (Å²) in [6.45, 7) is 9.99. The van der Waals surface area contributed by atoms with Crippen molar-refractivity contribution in [3.8, 4) is 0 Å². The maximum atomic E-state index is 11.5. The molecule has 1 N–H and O–H groups in total. The summed E-state index contributed by atoms with van der Waals surface area (Å²) < 4.78 is 16.6. The number of carbonyl (C=O) groups is 1. The number of aliphatic hydroxyl groups excluding tert-OH is 1. The van der Waals surface area contributed by atoms with E-state index in [4.69, 9.17) is 9.47 Å². The SMILES string of the molecule is COC(=O)OCC1C[C@@H](C)C2C(CC3C4CCC5C(C)(C)C(O)CCC56CC46CCC32C)O1. The van der Waals surface area contributed by atoms with Gasteiger partial charge in [0.2, 0.25) is 0 Å². The van der Waals surface area contributed by atoms with Crippen LogP contribution < -0.4 is 0 Å². The minimum absolute atomic E-state index is 0.0123. The van der Waals surface area contributed by atoms with Gasteiger partial charge in [-0.3, -0.25) is 0 Å². The predicted molar refractivity (Wildman–Crippen MR) is 124 cm³/mol. The lowest BCUT2D eigenvalue weighted by atomic mass is 9.46. The third kappa shape index (κ3) is 2.81. The fourth-order valence-electron chi connectivity index (χ4n) is 11.2. The van der Waals surface area contributed by atoms with Crippen molar-refractivity contribution in [1.82, 2.24) is 0 Å². The van der Waals surface area contributed by atoms with Gasteiger partial charge in [-0.1, -0.05) is 27.7 Å². The Morgan fingerprint density at radius 2 is 1.82 bits per heavy atom. The average Bonchev–Trinajstić information content (AvgIpc) is 3.34. The van der Waals surface area contributed by atoms with Crippen LogP contribution in [-0.4, -0.2) is 43.3 Å². The van der Waals surface area contributed by atoms with Gasteiger partial charge in [-0.05, 0) is 109 Å². The molecule has 1 aliphatic heterocycles. The second kappa shape index (κ2) is 7.12. The molecule has 0 aromatic rings. The predicted octanol–water partition coefficient (Wildman–Crippen LogP) is 5.58. The van der Waals surface area contributed by atoms with Crippen LogP contribution in [0.1, 0.15) is 85.5 Å². The van der Waals surface area contributed by atoms with E-state index in [0.717, 1.165) is 24.7 Å². The number of hydrogen-bond donors (Lipinski definition) is 1. The molecule has 0 amide bonds. The third-order valence-electron chi connectivity index (χ3n) is 12.5. The van der Waals surface area contributed by atoms with Crippen molar-refractivity contribution < 1.29 is 24.1 Å². The smallest absolute Gasteiger partial charge is 0.438 e. The molecule has 10 unspecified atom stereocenters. The number of ether oxygens (including phenoxy) is 3. The quantitative estimate of drug-likeness (QED) is 0.545. The third-order valence-corrected chi connectivity index (χ3v) is 12.5. The number of aliphatic hydroxyl groups is 1. The fraction of sp³-hybridized carbons (Fsp3) is 0.964. The maximum absolute atomic E-state index is 11.5. The van der Waals surface area contributed by atoms with Crippen molar-refractivity contribution in [1.29, 1.82) is 0 Å². The van der Waals surface area contributed by atoms with E-state index in [1.54, 1.807) is 0 Å². The zero-order valence-corrected chi connectivity index (χ0v) is 21.3. The van der Waals surface area contributed by atoms with Crippen molar-refractivity contribution in [3.63, 3.8) is 0 Å². The molecule has 33 heavy (non-hydrogen) atoms. The van der Waals surface area contributed by atoms with Crippen LogP contribution in [-0.2, 0) is 14.2 Å². The number of methoxy groups -OCH3 is 1. The molecule has 0 aromatic carbocycles. The Labute approximate surface area is 199 Å². The molecule has 6 rings (SSSR count). The van der Waals surface area contributed by atoms with Gasteiger partial charge in [0.15, 0.2) is 0 Å². The molecular formula is C28H44O5. The minimum Gasteiger partial charge on any atom is -0.438 e. The van der Waals surface area contributed by atoms with Gasteiger partial charge in [0.25, 0.3) is 0 Å². The highest BCUT2D eigenvalue weighted by molar-refractivity contribution is 5.59. The first kappa shape index (κ1) is 22.6. The molecule has 186 valence electrons. The van der Waals surface area contributed by atoms with Crippen molar-refractivity contribution in [2.24, 2.45) is 51.2 Å². The summed E-state index contributed by atoms with van der Waals surface area (Å²) in [5.41, 5.74) is 1.45. The summed E-state index contributed by atoms with van der Waals surface area (Å²) in [7, 11) is 1.36. The summed E-state index contributed by atoms with van der Waals surface area (Å²) in [6.07, 6.45) is 10.7. The molecule has 0 bridgehead atoms. The molecule has 0 radical (unpaired) electrons. The Bertz CT molecular complexity index is 825. The first-order chi connectivity index (χ1) is 15.6. The molecule has 6 fully saturated rings. The molecule has 1 heterocycles. The zero-order chi connectivity index (χ0) is 23.4. The van der Waals surface area contributed by atoms with Crippen molar-refractivity contribution in [3.05, 3.63) is 0 Å². The highest BCUT2D eigenvalue weighted by Gasteiger charge is 2.80. The molecular weight excluding hydrogens is 416 g/mol. The van der Waals surface area contributed by atoms with E-state index < -0.39 is 6.16 Å². The maximum Gasteiger partial charge on any atom is 0.508 e. The number of carbonyl (C=O) groups excluding carboxylic acids is 1. The summed E-state index contributed by atoms with van der Waals surface area (Å²) >= 11 is 0. The normalized spacial score (nSPS) is 55.8. The Hall–Kier alpha value is -0.810. The van der Waals surface area contributed by atoms with Gasteiger partial charge >= 0.3 is 6.16 Å². The highest BCUT2D eigenvalue weighted by atomic mass is 16.7.